The molecule has 0 aromatic heterocycles. The third-order valence-corrected chi connectivity index (χ3v) is 4.05. The molecule has 2 nitrogen and oxygen atoms in total. The van der Waals surface area contributed by atoms with Gasteiger partial charge in [0.05, 0.1) is 0 Å². The van der Waals surface area contributed by atoms with E-state index in [0.29, 0.717) is 5.92 Å². The van der Waals surface area contributed by atoms with Crippen LogP contribution in [0.5, 0.6) is 0 Å². The molecule has 0 aliphatic heterocycles. The van der Waals surface area contributed by atoms with Crippen LogP contribution in [0, 0.1) is 19.8 Å². The molecule has 1 aliphatic carbocycles. The van der Waals surface area contributed by atoms with Gasteiger partial charge in [0.2, 0.25) is 0 Å². The molecule has 0 heterocycles. The molecule has 98 valence electrons. The van der Waals surface area contributed by atoms with Gasteiger partial charge in [0, 0.05) is 12.1 Å². The molecule has 1 fully saturated rings. The maximum Gasteiger partial charge on any atom is 0.251 e. The highest BCUT2D eigenvalue weighted by molar-refractivity contribution is 5.94. The maximum atomic E-state index is 12.0. The summed E-state index contributed by atoms with van der Waals surface area (Å²) >= 11 is 0. The summed E-state index contributed by atoms with van der Waals surface area (Å²) in [4.78, 5) is 12.0. The van der Waals surface area contributed by atoms with Gasteiger partial charge in [-0.25, -0.2) is 0 Å². The van der Waals surface area contributed by atoms with Gasteiger partial charge >= 0.3 is 0 Å². The second-order valence-corrected chi connectivity index (χ2v) is 5.51. The van der Waals surface area contributed by atoms with Gasteiger partial charge < -0.3 is 5.32 Å². The zero-order chi connectivity index (χ0) is 13.0. The predicted molar refractivity (Wildman–Crippen MR) is 74.8 cm³/mol. The Labute approximate surface area is 110 Å². The third kappa shape index (κ3) is 3.34. The predicted octanol–water partition coefficient (Wildman–Crippen LogP) is 3.61. The van der Waals surface area contributed by atoms with Crippen molar-refractivity contribution in [1.29, 1.82) is 0 Å². The van der Waals surface area contributed by atoms with Crippen LogP contribution in [0.15, 0.2) is 18.2 Å². The Kier molecular flexibility index (Phi) is 4.40. The highest BCUT2D eigenvalue weighted by atomic mass is 16.1. The van der Waals surface area contributed by atoms with Crippen molar-refractivity contribution >= 4 is 5.91 Å². The van der Waals surface area contributed by atoms with Crippen LogP contribution in [0.2, 0.25) is 0 Å². The molecule has 1 amide bonds. The smallest absolute Gasteiger partial charge is 0.251 e. The molecule has 0 atom stereocenters. The van der Waals surface area contributed by atoms with E-state index in [1.807, 2.05) is 25.1 Å². The molecule has 1 aromatic rings. The first-order valence-electron chi connectivity index (χ1n) is 7.02. The molecule has 2 rings (SSSR count). The fourth-order valence-corrected chi connectivity index (χ4v) is 2.61. The van der Waals surface area contributed by atoms with E-state index in [0.717, 1.165) is 12.1 Å². The van der Waals surface area contributed by atoms with Crippen molar-refractivity contribution < 1.29 is 4.79 Å². The first-order valence-corrected chi connectivity index (χ1v) is 7.02. The van der Waals surface area contributed by atoms with E-state index in [4.69, 9.17) is 0 Å². The lowest BCUT2D eigenvalue weighted by atomic mass is 9.89. The number of amides is 1. The molecule has 0 unspecified atom stereocenters. The SMILES string of the molecule is Cc1ccc(C(=O)NCC2CCCCC2)cc1C. The number of hydrogen-bond acceptors (Lipinski definition) is 1. The van der Waals surface area contributed by atoms with Crippen LogP contribution in [0.25, 0.3) is 0 Å². The molecule has 1 N–H and O–H groups in total. The first kappa shape index (κ1) is 13.1. The summed E-state index contributed by atoms with van der Waals surface area (Å²) in [5, 5.41) is 3.08. The topological polar surface area (TPSA) is 29.1 Å². The van der Waals surface area contributed by atoms with Crippen LogP contribution in [0.3, 0.4) is 0 Å². The Morgan fingerprint density at radius 2 is 1.89 bits per heavy atom. The number of benzene rings is 1. The minimum atomic E-state index is 0.0728. The van der Waals surface area contributed by atoms with Crippen LogP contribution < -0.4 is 5.32 Å². The second-order valence-electron chi connectivity index (χ2n) is 5.51. The number of carbonyl (C=O) groups is 1. The molecular weight excluding hydrogens is 222 g/mol. The van der Waals surface area contributed by atoms with Crippen LogP contribution in [0.1, 0.15) is 53.6 Å². The fraction of sp³-hybridized carbons (Fsp3) is 0.562. The summed E-state index contributed by atoms with van der Waals surface area (Å²) in [6, 6.07) is 5.91. The average Bonchev–Trinajstić information content (AvgIpc) is 2.40. The number of carbonyl (C=O) groups excluding carboxylic acids is 1. The van der Waals surface area contributed by atoms with Gasteiger partial charge in [-0.15, -0.1) is 0 Å². The average molecular weight is 245 g/mol. The number of aryl methyl sites for hydroxylation is 2. The van der Waals surface area contributed by atoms with E-state index in [-0.39, 0.29) is 5.91 Å². The lowest BCUT2D eigenvalue weighted by Crippen LogP contribution is -2.30. The van der Waals surface area contributed by atoms with Gasteiger partial charge in [0.25, 0.3) is 5.91 Å². The van der Waals surface area contributed by atoms with Gasteiger partial charge in [0.15, 0.2) is 0 Å². The Morgan fingerprint density at radius 3 is 2.56 bits per heavy atom. The summed E-state index contributed by atoms with van der Waals surface area (Å²) in [5.74, 6) is 0.762. The van der Waals surface area contributed by atoms with Gasteiger partial charge in [-0.1, -0.05) is 25.3 Å². The molecule has 0 saturated heterocycles. The summed E-state index contributed by atoms with van der Waals surface area (Å²) in [6.45, 7) is 4.96. The zero-order valence-electron chi connectivity index (χ0n) is 11.5. The Balaban J connectivity index is 1.88. The second kappa shape index (κ2) is 6.03. The summed E-state index contributed by atoms with van der Waals surface area (Å²) in [5.41, 5.74) is 3.20. The van der Waals surface area contributed by atoms with Gasteiger partial charge in [0.1, 0.15) is 0 Å². The van der Waals surface area contributed by atoms with Gasteiger partial charge in [-0.3, -0.25) is 4.79 Å². The first-order chi connectivity index (χ1) is 8.66. The Bertz CT molecular complexity index is 419. The Morgan fingerprint density at radius 1 is 1.17 bits per heavy atom. The van der Waals surface area contributed by atoms with Crippen LogP contribution >= 0.6 is 0 Å². The highest BCUT2D eigenvalue weighted by Gasteiger charge is 2.14. The van der Waals surface area contributed by atoms with Crippen molar-refractivity contribution in [3.63, 3.8) is 0 Å². The van der Waals surface area contributed by atoms with Crippen LogP contribution in [-0.4, -0.2) is 12.5 Å². The van der Waals surface area contributed by atoms with Crippen molar-refractivity contribution in [1.82, 2.24) is 5.32 Å². The number of nitrogens with one attached hydrogen (secondary N) is 1. The zero-order valence-corrected chi connectivity index (χ0v) is 11.5. The van der Waals surface area contributed by atoms with E-state index in [9.17, 15) is 4.79 Å². The molecule has 1 aromatic carbocycles. The monoisotopic (exact) mass is 245 g/mol. The van der Waals surface area contributed by atoms with E-state index >= 15 is 0 Å². The van der Waals surface area contributed by atoms with Gasteiger partial charge in [-0.05, 0) is 55.9 Å². The molecule has 1 saturated carbocycles. The quantitative estimate of drug-likeness (QED) is 0.866. The molecule has 2 heteroatoms. The maximum absolute atomic E-state index is 12.0. The Hall–Kier alpha value is -1.31. The normalized spacial score (nSPS) is 16.6. The van der Waals surface area contributed by atoms with E-state index in [2.05, 4.69) is 12.2 Å². The van der Waals surface area contributed by atoms with E-state index in [1.54, 1.807) is 0 Å². The minimum absolute atomic E-state index is 0.0728. The van der Waals surface area contributed by atoms with Crippen molar-refractivity contribution in [2.75, 3.05) is 6.54 Å². The number of rotatable bonds is 3. The van der Waals surface area contributed by atoms with Crippen LogP contribution in [0.4, 0.5) is 0 Å². The molecule has 0 bridgehead atoms. The van der Waals surface area contributed by atoms with E-state index < -0.39 is 0 Å². The standard InChI is InChI=1S/C16H23NO/c1-12-8-9-15(10-13(12)2)16(18)17-11-14-6-4-3-5-7-14/h8-10,14H,3-7,11H2,1-2H3,(H,17,18). The molecule has 18 heavy (non-hydrogen) atoms. The van der Waals surface area contributed by atoms with Crippen molar-refractivity contribution in [2.24, 2.45) is 5.92 Å². The summed E-state index contributed by atoms with van der Waals surface area (Å²) in [6.07, 6.45) is 6.55. The lowest BCUT2D eigenvalue weighted by molar-refractivity contribution is 0.0943. The van der Waals surface area contributed by atoms with E-state index in [1.165, 1.54) is 43.2 Å². The molecular formula is C16H23NO. The molecule has 1 aliphatic rings. The van der Waals surface area contributed by atoms with Crippen molar-refractivity contribution in [3.8, 4) is 0 Å². The minimum Gasteiger partial charge on any atom is -0.352 e. The van der Waals surface area contributed by atoms with Crippen LogP contribution in [-0.2, 0) is 0 Å². The summed E-state index contributed by atoms with van der Waals surface area (Å²) < 4.78 is 0. The largest absolute Gasteiger partial charge is 0.352 e. The lowest BCUT2D eigenvalue weighted by Gasteiger charge is -2.21. The fourth-order valence-electron chi connectivity index (χ4n) is 2.61. The molecule has 0 spiro atoms. The van der Waals surface area contributed by atoms with Crippen molar-refractivity contribution in [3.05, 3.63) is 34.9 Å². The number of hydrogen-bond donors (Lipinski definition) is 1. The highest BCUT2D eigenvalue weighted by Crippen LogP contribution is 2.22. The third-order valence-electron chi connectivity index (χ3n) is 4.05. The summed E-state index contributed by atoms with van der Waals surface area (Å²) in [7, 11) is 0. The molecule has 0 radical (unpaired) electrons. The van der Waals surface area contributed by atoms with Crippen molar-refractivity contribution in [2.45, 2.75) is 46.0 Å². The van der Waals surface area contributed by atoms with Gasteiger partial charge in [-0.2, -0.15) is 0 Å².